The highest BCUT2D eigenvalue weighted by atomic mass is 35.5. The van der Waals surface area contributed by atoms with Crippen LogP contribution < -0.4 is 10.6 Å². The monoisotopic (exact) mass is 408 g/mol. The van der Waals surface area contributed by atoms with E-state index in [9.17, 15) is 22.0 Å². The van der Waals surface area contributed by atoms with Crippen LogP contribution in [-0.2, 0) is 6.18 Å². The quantitative estimate of drug-likeness (QED) is 0.736. The average molecular weight is 409 g/mol. The van der Waals surface area contributed by atoms with Gasteiger partial charge in [-0.2, -0.15) is 23.3 Å². The zero-order chi connectivity index (χ0) is 19.6. The largest absolute Gasteiger partial charge is 0.421 e. The number of nitrogens with one attached hydrogen (secondary N) is 2. The van der Waals surface area contributed by atoms with Crippen molar-refractivity contribution in [1.82, 2.24) is 19.7 Å². The van der Waals surface area contributed by atoms with Crippen LogP contribution in [0.15, 0.2) is 12.4 Å². The van der Waals surface area contributed by atoms with Gasteiger partial charge in [0.2, 0.25) is 5.95 Å². The molecular formula is C15H14ClF5N6. The van der Waals surface area contributed by atoms with Gasteiger partial charge in [0.25, 0.3) is 5.92 Å². The molecule has 1 unspecified atom stereocenters. The topological polar surface area (TPSA) is 67.7 Å². The van der Waals surface area contributed by atoms with Crippen molar-refractivity contribution in [2.75, 3.05) is 17.7 Å². The molecule has 27 heavy (non-hydrogen) atoms. The van der Waals surface area contributed by atoms with E-state index in [2.05, 4.69) is 25.7 Å². The summed E-state index contributed by atoms with van der Waals surface area (Å²) in [5.74, 6) is -4.34. The van der Waals surface area contributed by atoms with Crippen LogP contribution in [0, 0.1) is 11.8 Å². The summed E-state index contributed by atoms with van der Waals surface area (Å²) in [7, 11) is 1.31. The molecule has 3 atom stereocenters. The summed E-state index contributed by atoms with van der Waals surface area (Å²) < 4.78 is 66.8. The van der Waals surface area contributed by atoms with E-state index in [1.54, 1.807) is 0 Å². The van der Waals surface area contributed by atoms with Gasteiger partial charge in [-0.3, -0.25) is 0 Å². The number of rotatable bonds is 4. The van der Waals surface area contributed by atoms with E-state index in [1.807, 2.05) is 0 Å². The normalized spacial score (nSPS) is 26.0. The fourth-order valence-corrected chi connectivity index (χ4v) is 3.91. The molecule has 2 N–H and O–H groups in total. The van der Waals surface area contributed by atoms with Gasteiger partial charge in [-0.1, -0.05) is 11.6 Å². The Morgan fingerprint density at radius 2 is 1.89 bits per heavy atom. The Morgan fingerprint density at radius 3 is 2.48 bits per heavy atom. The van der Waals surface area contributed by atoms with Crippen molar-refractivity contribution >= 4 is 29.1 Å². The maximum absolute atomic E-state index is 13.3. The molecule has 0 radical (unpaired) electrons. The summed E-state index contributed by atoms with van der Waals surface area (Å²) in [6, 6.07) is -0.232. The lowest BCUT2D eigenvalue weighted by Crippen LogP contribution is -2.14. The fourth-order valence-electron chi connectivity index (χ4n) is 3.63. The molecule has 12 heteroatoms. The summed E-state index contributed by atoms with van der Waals surface area (Å²) in [5.41, 5.74) is -0.714. The van der Waals surface area contributed by atoms with Gasteiger partial charge in [-0.15, -0.1) is 0 Å². The summed E-state index contributed by atoms with van der Waals surface area (Å²) in [4.78, 5) is 7.45. The minimum Gasteiger partial charge on any atom is -0.372 e. The van der Waals surface area contributed by atoms with Crippen LogP contribution in [0.2, 0.25) is 5.15 Å². The molecule has 146 valence electrons. The zero-order valence-electron chi connectivity index (χ0n) is 13.9. The second-order valence-electron chi connectivity index (χ2n) is 6.64. The predicted octanol–water partition coefficient (Wildman–Crippen LogP) is 4.35. The number of fused-ring (bicyclic) bond motifs is 1. The highest BCUT2D eigenvalue weighted by molar-refractivity contribution is 6.32. The van der Waals surface area contributed by atoms with Gasteiger partial charge in [-0.25, -0.2) is 18.4 Å². The number of nitrogens with zero attached hydrogens (tertiary/aromatic N) is 4. The number of alkyl halides is 5. The first-order valence-corrected chi connectivity index (χ1v) is 8.50. The summed E-state index contributed by atoms with van der Waals surface area (Å²) in [6.45, 7) is 0. The third-order valence-corrected chi connectivity index (χ3v) is 5.45. The van der Waals surface area contributed by atoms with Crippen LogP contribution >= 0.6 is 11.6 Å². The van der Waals surface area contributed by atoms with Crippen LogP contribution in [0.5, 0.6) is 0 Å². The highest BCUT2D eigenvalue weighted by Crippen LogP contribution is 2.66. The molecule has 2 heterocycles. The second-order valence-corrected chi connectivity index (χ2v) is 6.99. The van der Waals surface area contributed by atoms with Crippen LogP contribution in [0.25, 0.3) is 0 Å². The van der Waals surface area contributed by atoms with E-state index in [-0.39, 0.29) is 28.6 Å². The van der Waals surface area contributed by atoms with Crippen LogP contribution in [0.1, 0.15) is 24.4 Å². The van der Waals surface area contributed by atoms with Gasteiger partial charge < -0.3 is 10.6 Å². The second kappa shape index (κ2) is 5.91. The first-order chi connectivity index (χ1) is 12.6. The maximum Gasteiger partial charge on any atom is 0.421 e. The molecule has 0 amide bonds. The number of anilines is 3. The van der Waals surface area contributed by atoms with Gasteiger partial charge in [-0.05, 0) is 12.8 Å². The van der Waals surface area contributed by atoms with Gasteiger partial charge in [0.05, 0.1) is 17.9 Å². The molecule has 0 aliphatic heterocycles. The zero-order valence-corrected chi connectivity index (χ0v) is 14.6. The molecule has 6 nitrogen and oxygen atoms in total. The van der Waals surface area contributed by atoms with Crippen molar-refractivity contribution in [3.05, 3.63) is 23.1 Å². The summed E-state index contributed by atoms with van der Waals surface area (Å²) in [5, 5.41) is 9.38. The first kappa shape index (κ1) is 18.2. The number of halogens is 6. The van der Waals surface area contributed by atoms with Gasteiger partial charge in [0, 0.05) is 25.1 Å². The summed E-state index contributed by atoms with van der Waals surface area (Å²) in [6.07, 6.45) is -1.99. The van der Waals surface area contributed by atoms with Crippen LogP contribution in [0.4, 0.5) is 39.4 Å². The number of hydrogen-bond acceptors (Lipinski definition) is 5. The van der Waals surface area contributed by atoms with Gasteiger partial charge >= 0.3 is 6.18 Å². The molecule has 0 aromatic carbocycles. The maximum atomic E-state index is 13.3. The standard InChI is InChI=1S/C15H14ClF5N6/c1-22-12-9(15(19,20)21)4-23-13(26-12)25-10-5-24-27(11(10)16)6-2-7-8(3-6)14(7,17)18/h4-8H,2-3H2,1H3,(H2,22,23,25,26)/t6?,7-,8+. The molecule has 2 fully saturated rings. The van der Waals surface area contributed by atoms with E-state index in [0.717, 1.165) is 0 Å². The molecule has 4 rings (SSSR count). The van der Waals surface area contributed by atoms with Gasteiger partial charge in [0.15, 0.2) is 5.15 Å². The SMILES string of the molecule is CNc1nc(Nc2cnn(C3C[C@@H]4[C@H](C3)C4(F)F)c2Cl)ncc1C(F)(F)F. The minimum absolute atomic E-state index is 0.102. The Morgan fingerprint density at radius 1 is 1.22 bits per heavy atom. The Labute approximate surface area is 155 Å². The Hall–Kier alpha value is -2.17. The van der Waals surface area contributed by atoms with Crippen LogP contribution in [0.3, 0.4) is 0 Å². The minimum atomic E-state index is -4.59. The van der Waals surface area contributed by atoms with E-state index in [0.29, 0.717) is 19.0 Å². The smallest absolute Gasteiger partial charge is 0.372 e. The lowest BCUT2D eigenvalue weighted by atomic mass is 10.1. The Balaban J connectivity index is 1.52. The lowest BCUT2D eigenvalue weighted by Gasteiger charge is -2.16. The third-order valence-electron chi connectivity index (χ3n) is 5.08. The number of aromatic nitrogens is 4. The number of hydrogen-bond donors (Lipinski definition) is 2. The predicted molar refractivity (Wildman–Crippen MR) is 87.3 cm³/mol. The molecule has 2 saturated carbocycles. The molecule has 0 spiro atoms. The molecule has 2 aromatic heterocycles. The molecule has 2 aromatic rings. The molecule has 2 aliphatic carbocycles. The van der Waals surface area contributed by atoms with E-state index >= 15 is 0 Å². The van der Waals surface area contributed by atoms with Crippen molar-refractivity contribution in [3.8, 4) is 0 Å². The first-order valence-electron chi connectivity index (χ1n) is 8.12. The van der Waals surface area contributed by atoms with Gasteiger partial charge in [0.1, 0.15) is 11.4 Å². The van der Waals surface area contributed by atoms with Crippen molar-refractivity contribution in [1.29, 1.82) is 0 Å². The lowest BCUT2D eigenvalue weighted by molar-refractivity contribution is -0.137. The van der Waals surface area contributed by atoms with E-state index in [4.69, 9.17) is 11.6 Å². The van der Waals surface area contributed by atoms with Crippen molar-refractivity contribution in [3.63, 3.8) is 0 Å². The highest BCUT2D eigenvalue weighted by Gasteiger charge is 2.71. The van der Waals surface area contributed by atoms with Crippen molar-refractivity contribution in [2.45, 2.75) is 31.0 Å². The third kappa shape index (κ3) is 2.97. The molecule has 2 aliphatic rings. The Kier molecular flexibility index (Phi) is 3.99. The van der Waals surface area contributed by atoms with Crippen molar-refractivity contribution in [2.24, 2.45) is 11.8 Å². The average Bonchev–Trinajstić information content (AvgIpc) is 2.99. The summed E-state index contributed by atoms with van der Waals surface area (Å²) >= 11 is 6.26. The van der Waals surface area contributed by atoms with Crippen molar-refractivity contribution < 1.29 is 22.0 Å². The van der Waals surface area contributed by atoms with Crippen LogP contribution in [-0.4, -0.2) is 32.7 Å². The molecular weight excluding hydrogens is 395 g/mol. The molecule has 0 bridgehead atoms. The fraction of sp³-hybridized carbons (Fsp3) is 0.533. The molecule has 0 saturated heterocycles. The van der Waals surface area contributed by atoms with E-state index < -0.39 is 29.5 Å². The Bertz CT molecular complexity index is 868. The van der Waals surface area contributed by atoms with E-state index in [1.165, 1.54) is 17.9 Å².